The molecule has 1 unspecified atom stereocenters. The minimum atomic E-state index is -0.264. The molecule has 0 amide bonds. The summed E-state index contributed by atoms with van der Waals surface area (Å²) >= 11 is 0. The second-order valence-electron chi connectivity index (χ2n) is 5.34. The van der Waals surface area contributed by atoms with E-state index in [1.165, 1.54) is 5.56 Å². The highest BCUT2D eigenvalue weighted by Crippen LogP contribution is 2.04. The highest BCUT2D eigenvalue weighted by atomic mass is 16.5. The molecule has 0 bridgehead atoms. The number of nitrogens with one attached hydrogen (secondary N) is 1. The number of morpholine rings is 1. The van der Waals surface area contributed by atoms with Gasteiger partial charge in [-0.05, 0) is 18.4 Å². The smallest absolute Gasteiger partial charge is 0.0667 e. The average molecular weight is 278 g/mol. The van der Waals surface area contributed by atoms with E-state index in [0.29, 0.717) is 6.54 Å². The van der Waals surface area contributed by atoms with Crippen LogP contribution in [0, 0.1) is 0 Å². The van der Waals surface area contributed by atoms with Crippen LogP contribution in [0.25, 0.3) is 0 Å². The average Bonchev–Trinajstić information content (AvgIpc) is 2.52. The largest absolute Gasteiger partial charge is 0.392 e. The molecule has 1 atom stereocenters. The summed E-state index contributed by atoms with van der Waals surface area (Å²) in [6.45, 7) is 6.39. The Labute approximate surface area is 121 Å². The minimum absolute atomic E-state index is 0.264. The summed E-state index contributed by atoms with van der Waals surface area (Å²) in [7, 11) is 0. The van der Waals surface area contributed by atoms with Gasteiger partial charge in [-0.15, -0.1) is 0 Å². The lowest BCUT2D eigenvalue weighted by Gasteiger charge is -2.26. The summed E-state index contributed by atoms with van der Waals surface area (Å²) in [6, 6.07) is 10.3. The lowest BCUT2D eigenvalue weighted by atomic mass is 10.1. The highest BCUT2D eigenvalue weighted by molar-refractivity contribution is 5.14. The Morgan fingerprint density at radius 1 is 1.20 bits per heavy atom. The molecule has 0 saturated carbocycles. The Bertz CT molecular complexity index is 353. The number of aliphatic hydroxyl groups is 1. The van der Waals surface area contributed by atoms with Crippen LogP contribution in [0.1, 0.15) is 12.0 Å². The molecule has 1 aliphatic rings. The lowest BCUT2D eigenvalue weighted by Crippen LogP contribution is -2.41. The molecule has 2 rings (SSSR count). The predicted molar refractivity (Wildman–Crippen MR) is 80.9 cm³/mol. The Hall–Kier alpha value is -0.940. The molecule has 0 spiro atoms. The number of aryl methyl sites for hydroxylation is 1. The second-order valence-corrected chi connectivity index (χ2v) is 5.34. The molecule has 0 aliphatic carbocycles. The van der Waals surface area contributed by atoms with Crippen LogP contribution < -0.4 is 5.32 Å². The third-order valence-corrected chi connectivity index (χ3v) is 3.70. The van der Waals surface area contributed by atoms with Crippen LogP contribution in [0.4, 0.5) is 0 Å². The van der Waals surface area contributed by atoms with E-state index in [-0.39, 0.29) is 6.10 Å². The number of ether oxygens (including phenoxy) is 1. The molecule has 4 heteroatoms. The summed E-state index contributed by atoms with van der Waals surface area (Å²) in [6.07, 6.45) is 1.49. The fraction of sp³-hybridized carbons (Fsp3) is 0.625. The van der Waals surface area contributed by atoms with Gasteiger partial charge in [-0.25, -0.2) is 0 Å². The highest BCUT2D eigenvalue weighted by Gasteiger charge is 2.09. The van der Waals surface area contributed by atoms with E-state index in [0.717, 1.165) is 52.2 Å². The van der Waals surface area contributed by atoms with Crippen molar-refractivity contribution in [3.05, 3.63) is 35.9 Å². The van der Waals surface area contributed by atoms with Gasteiger partial charge in [0, 0.05) is 32.7 Å². The van der Waals surface area contributed by atoms with E-state index in [9.17, 15) is 5.11 Å². The molecular weight excluding hydrogens is 252 g/mol. The molecule has 1 aliphatic heterocycles. The van der Waals surface area contributed by atoms with Crippen molar-refractivity contribution in [3.63, 3.8) is 0 Å². The van der Waals surface area contributed by atoms with E-state index in [2.05, 4.69) is 22.3 Å². The normalized spacial score (nSPS) is 18.1. The zero-order valence-corrected chi connectivity index (χ0v) is 12.1. The van der Waals surface area contributed by atoms with E-state index < -0.39 is 0 Å². The topological polar surface area (TPSA) is 44.7 Å². The zero-order valence-electron chi connectivity index (χ0n) is 12.1. The molecule has 1 aromatic rings. The van der Waals surface area contributed by atoms with Crippen molar-refractivity contribution in [1.29, 1.82) is 0 Å². The molecule has 0 radical (unpaired) electrons. The van der Waals surface area contributed by atoms with Crippen molar-refractivity contribution in [2.45, 2.75) is 18.9 Å². The van der Waals surface area contributed by atoms with Crippen LogP contribution in [0.15, 0.2) is 30.3 Å². The number of rotatable bonds is 8. The van der Waals surface area contributed by atoms with Crippen molar-refractivity contribution in [2.24, 2.45) is 0 Å². The van der Waals surface area contributed by atoms with Crippen LogP contribution >= 0.6 is 0 Å². The van der Waals surface area contributed by atoms with Gasteiger partial charge in [0.2, 0.25) is 0 Å². The van der Waals surface area contributed by atoms with Gasteiger partial charge in [0.05, 0.1) is 19.3 Å². The van der Waals surface area contributed by atoms with Gasteiger partial charge < -0.3 is 15.2 Å². The molecule has 1 saturated heterocycles. The molecule has 1 aromatic carbocycles. The van der Waals surface area contributed by atoms with E-state index >= 15 is 0 Å². The van der Waals surface area contributed by atoms with Crippen LogP contribution in [-0.4, -0.2) is 62.0 Å². The summed E-state index contributed by atoms with van der Waals surface area (Å²) < 4.78 is 5.32. The Kier molecular flexibility index (Phi) is 7.01. The third kappa shape index (κ3) is 6.01. The van der Waals surface area contributed by atoms with Gasteiger partial charge in [0.15, 0.2) is 0 Å². The van der Waals surface area contributed by atoms with Crippen LogP contribution in [0.5, 0.6) is 0 Å². The van der Waals surface area contributed by atoms with Crippen LogP contribution in [-0.2, 0) is 11.2 Å². The summed E-state index contributed by atoms with van der Waals surface area (Å²) in [5.41, 5.74) is 1.29. The van der Waals surface area contributed by atoms with Gasteiger partial charge in [-0.2, -0.15) is 0 Å². The van der Waals surface area contributed by atoms with Gasteiger partial charge >= 0.3 is 0 Å². The van der Waals surface area contributed by atoms with E-state index in [1.54, 1.807) is 0 Å². The lowest BCUT2D eigenvalue weighted by molar-refractivity contribution is 0.0380. The first-order valence-electron chi connectivity index (χ1n) is 7.57. The molecule has 1 heterocycles. The maximum atomic E-state index is 9.95. The molecule has 112 valence electrons. The van der Waals surface area contributed by atoms with E-state index in [1.807, 2.05) is 18.2 Å². The quantitative estimate of drug-likeness (QED) is 0.694. The van der Waals surface area contributed by atoms with Crippen molar-refractivity contribution in [1.82, 2.24) is 10.2 Å². The fourth-order valence-electron chi connectivity index (χ4n) is 2.41. The molecule has 4 nitrogen and oxygen atoms in total. The predicted octanol–water partition coefficient (Wildman–Crippen LogP) is 0.902. The minimum Gasteiger partial charge on any atom is -0.392 e. The Morgan fingerprint density at radius 3 is 2.70 bits per heavy atom. The maximum absolute atomic E-state index is 9.95. The summed E-state index contributed by atoms with van der Waals surface area (Å²) in [5.74, 6) is 0. The van der Waals surface area contributed by atoms with Gasteiger partial charge in [-0.3, -0.25) is 4.90 Å². The molecular formula is C16H26N2O2. The third-order valence-electron chi connectivity index (χ3n) is 3.70. The molecule has 1 fully saturated rings. The SMILES string of the molecule is OC(CCc1ccccc1)CNCCN1CCOCC1. The molecule has 0 aromatic heterocycles. The number of benzene rings is 1. The first-order valence-corrected chi connectivity index (χ1v) is 7.57. The number of aliphatic hydroxyl groups excluding tert-OH is 1. The zero-order chi connectivity index (χ0) is 14.0. The monoisotopic (exact) mass is 278 g/mol. The van der Waals surface area contributed by atoms with E-state index in [4.69, 9.17) is 4.74 Å². The Balaban J connectivity index is 1.50. The van der Waals surface area contributed by atoms with Crippen LogP contribution in [0.2, 0.25) is 0 Å². The van der Waals surface area contributed by atoms with Crippen molar-refractivity contribution < 1.29 is 9.84 Å². The number of hydrogen-bond donors (Lipinski definition) is 2. The van der Waals surface area contributed by atoms with Crippen LogP contribution in [0.3, 0.4) is 0 Å². The standard InChI is InChI=1S/C16H26N2O2/c19-16(7-6-15-4-2-1-3-5-15)14-17-8-9-18-10-12-20-13-11-18/h1-5,16-17,19H,6-14H2. The summed E-state index contributed by atoms with van der Waals surface area (Å²) in [5, 5.41) is 13.3. The molecule has 2 N–H and O–H groups in total. The second kappa shape index (κ2) is 9.08. The van der Waals surface area contributed by atoms with Gasteiger partial charge in [0.1, 0.15) is 0 Å². The van der Waals surface area contributed by atoms with Gasteiger partial charge in [0.25, 0.3) is 0 Å². The first-order chi connectivity index (χ1) is 9.84. The molecule has 20 heavy (non-hydrogen) atoms. The van der Waals surface area contributed by atoms with Gasteiger partial charge in [-0.1, -0.05) is 30.3 Å². The van der Waals surface area contributed by atoms with Crippen molar-refractivity contribution >= 4 is 0 Å². The fourth-order valence-corrected chi connectivity index (χ4v) is 2.41. The summed E-state index contributed by atoms with van der Waals surface area (Å²) in [4.78, 5) is 2.40. The maximum Gasteiger partial charge on any atom is 0.0667 e. The number of nitrogens with zero attached hydrogens (tertiary/aromatic N) is 1. The van der Waals surface area contributed by atoms with Crippen molar-refractivity contribution in [3.8, 4) is 0 Å². The number of hydrogen-bond acceptors (Lipinski definition) is 4. The first kappa shape index (κ1) is 15.4. The van der Waals surface area contributed by atoms with Crippen molar-refractivity contribution in [2.75, 3.05) is 45.9 Å². The Morgan fingerprint density at radius 2 is 1.95 bits per heavy atom.